The molecule has 82 valence electrons. The summed E-state index contributed by atoms with van der Waals surface area (Å²) in [4.78, 5) is 0. The first kappa shape index (κ1) is 12.3. The summed E-state index contributed by atoms with van der Waals surface area (Å²) >= 11 is 0. The van der Waals surface area contributed by atoms with Crippen LogP contribution in [-0.2, 0) is 0 Å². The molecule has 0 spiro atoms. The van der Waals surface area contributed by atoms with Gasteiger partial charge in [-0.1, -0.05) is 62.8 Å². The van der Waals surface area contributed by atoms with E-state index in [1.54, 1.807) is 12.2 Å². The second kappa shape index (κ2) is 5.92. The van der Waals surface area contributed by atoms with Crippen LogP contribution in [0.1, 0.15) is 12.8 Å². The average molecular weight is 210 g/mol. The summed E-state index contributed by atoms with van der Waals surface area (Å²) in [7, 11) is 0. The zero-order chi connectivity index (χ0) is 12.0. The molecule has 0 aliphatic heterocycles. The average Bonchev–Trinajstić information content (AvgIpc) is 2.30. The van der Waals surface area contributed by atoms with Gasteiger partial charge in [0.2, 0.25) is 0 Å². The van der Waals surface area contributed by atoms with Crippen LogP contribution in [0, 0.1) is 0 Å². The Kier molecular flexibility index (Phi) is 4.53. The molecule has 0 aromatic carbocycles. The first-order chi connectivity index (χ1) is 7.74. The predicted octanol–water partition coefficient (Wildman–Crippen LogP) is 4.67. The minimum atomic E-state index is 0.993. The molecule has 16 heavy (non-hydrogen) atoms. The van der Waals surface area contributed by atoms with E-state index in [4.69, 9.17) is 0 Å². The molecule has 0 unspecified atom stereocenters. The Balaban J connectivity index is 3.29. The van der Waals surface area contributed by atoms with Crippen molar-refractivity contribution in [1.82, 2.24) is 0 Å². The van der Waals surface area contributed by atoms with E-state index in [0.29, 0.717) is 0 Å². The van der Waals surface area contributed by atoms with Crippen molar-refractivity contribution < 1.29 is 0 Å². The molecule has 0 nitrogen and oxygen atoms in total. The van der Waals surface area contributed by atoms with Crippen LogP contribution in [0.3, 0.4) is 0 Å². The van der Waals surface area contributed by atoms with Gasteiger partial charge in [0.25, 0.3) is 0 Å². The van der Waals surface area contributed by atoms with Crippen LogP contribution in [0.15, 0.2) is 85.1 Å². The smallest absolute Gasteiger partial charge is 0.0149 e. The highest BCUT2D eigenvalue weighted by molar-refractivity contribution is 5.59. The largest absolute Gasteiger partial charge is 0.0991 e. The molecule has 0 heteroatoms. The molecule has 0 amide bonds. The van der Waals surface area contributed by atoms with Gasteiger partial charge >= 0.3 is 0 Å². The van der Waals surface area contributed by atoms with Crippen LogP contribution in [0.5, 0.6) is 0 Å². The van der Waals surface area contributed by atoms with Crippen LogP contribution >= 0.6 is 0 Å². The van der Waals surface area contributed by atoms with Gasteiger partial charge < -0.3 is 0 Å². The van der Waals surface area contributed by atoms with Gasteiger partial charge in [-0.15, -0.1) is 0 Å². The fraction of sp³-hybridized carbons (Fsp3) is 0.125. The molecule has 0 heterocycles. The fourth-order valence-corrected chi connectivity index (χ4v) is 1.82. The minimum absolute atomic E-state index is 0.993. The Morgan fingerprint density at radius 2 is 1.75 bits per heavy atom. The van der Waals surface area contributed by atoms with Crippen molar-refractivity contribution >= 4 is 0 Å². The van der Waals surface area contributed by atoms with Gasteiger partial charge in [-0.3, -0.25) is 0 Å². The lowest BCUT2D eigenvalue weighted by atomic mass is 9.83. The second-order valence-electron chi connectivity index (χ2n) is 3.66. The SMILES string of the molecule is C=C/C=C\C1=C(C=C)CCC(=C)/C1=C\C=C. The quantitative estimate of drug-likeness (QED) is 0.591. The van der Waals surface area contributed by atoms with E-state index in [0.717, 1.165) is 24.0 Å². The van der Waals surface area contributed by atoms with Gasteiger partial charge in [-0.25, -0.2) is 0 Å². The molecule has 0 saturated carbocycles. The first-order valence-electron chi connectivity index (χ1n) is 5.40. The summed E-state index contributed by atoms with van der Waals surface area (Å²) in [5.41, 5.74) is 4.77. The van der Waals surface area contributed by atoms with E-state index in [1.165, 1.54) is 11.1 Å². The molecule has 0 aromatic heterocycles. The number of rotatable bonds is 4. The Labute approximate surface area is 98.4 Å². The van der Waals surface area contributed by atoms with E-state index < -0.39 is 0 Å². The third-order valence-electron chi connectivity index (χ3n) is 2.64. The monoisotopic (exact) mass is 210 g/mol. The van der Waals surface area contributed by atoms with Crippen molar-refractivity contribution in [1.29, 1.82) is 0 Å². The maximum atomic E-state index is 4.10. The predicted molar refractivity (Wildman–Crippen MR) is 73.2 cm³/mol. The van der Waals surface area contributed by atoms with Crippen molar-refractivity contribution in [2.24, 2.45) is 0 Å². The van der Waals surface area contributed by atoms with E-state index in [2.05, 4.69) is 32.4 Å². The number of hydrogen-bond donors (Lipinski definition) is 0. The highest BCUT2D eigenvalue weighted by atomic mass is 14.2. The zero-order valence-corrected chi connectivity index (χ0v) is 9.71. The summed E-state index contributed by atoms with van der Waals surface area (Å²) in [5.74, 6) is 0. The Morgan fingerprint density at radius 3 is 2.31 bits per heavy atom. The van der Waals surface area contributed by atoms with Gasteiger partial charge in [0.1, 0.15) is 0 Å². The summed E-state index contributed by atoms with van der Waals surface area (Å²) in [6.07, 6.45) is 13.5. The van der Waals surface area contributed by atoms with E-state index >= 15 is 0 Å². The standard InChI is InChI=1S/C16H18/c1-5-8-10-16-14(7-3)12-11-13(4)15(16)9-6-2/h5-10H,1-4,11-12H2/b10-8-,15-9+. The lowest BCUT2D eigenvalue weighted by Crippen LogP contribution is -2.02. The lowest BCUT2D eigenvalue weighted by Gasteiger charge is -2.21. The minimum Gasteiger partial charge on any atom is -0.0991 e. The normalized spacial score (nSPS) is 19.2. The second-order valence-corrected chi connectivity index (χ2v) is 3.66. The van der Waals surface area contributed by atoms with Gasteiger partial charge in [0.05, 0.1) is 0 Å². The van der Waals surface area contributed by atoms with Gasteiger partial charge in [0.15, 0.2) is 0 Å². The third-order valence-corrected chi connectivity index (χ3v) is 2.64. The van der Waals surface area contributed by atoms with Gasteiger partial charge in [-0.2, -0.15) is 0 Å². The van der Waals surface area contributed by atoms with E-state index in [9.17, 15) is 0 Å². The summed E-state index contributed by atoms with van der Waals surface area (Å²) in [6, 6.07) is 0. The Hall–Kier alpha value is -1.82. The number of allylic oxidation sites excluding steroid dienone is 10. The summed E-state index contributed by atoms with van der Waals surface area (Å²) < 4.78 is 0. The van der Waals surface area contributed by atoms with Crippen molar-refractivity contribution in [2.75, 3.05) is 0 Å². The first-order valence-corrected chi connectivity index (χ1v) is 5.40. The van der Waals surface area contributed by atoms with E-state index in [-0.39, 0.29) is 0 Å². The van der Waals surface area contributed by atoms with Crippen LogP contribution in [0.25, 0.3) is 0 Å². The van der Waals surface area contributed by atoms with Crippen molar-refractivity contribution in [3.8, 4) is 0 Å². The third kappa shape index (κ3) is 2.60. The Bertz CT molecular complexity index is 411. The maximum absolute atomic E-state index is 4.10. The van der Waals surface area contributed by atoms with Crippen molar-refractivity contribution in [2.45, 2.75) is 12.8 Å². The van der Waals surface area contributed by atoms with Crippen LogP contribution in [0.4, 0.5) is 0 Å². The van der Waals surface area contributed by atoms with Crippen LogP contribution in [-0.4, -0.2) is 0 Å². The van der Waals surface area contributed by atoms with Crippen LogP contribution < -0.4 is 0 Å². The van der Waals surface area contributed by atoms with E-state index in [1.807, 2.05) is 18.2 Å². The fourth-order valence-electron chi connectivity index (χ4n) is 1.82. The maximum Gasteiger partial charge on any atom is -0.0149 e. The van der Waals surface area contributed by atoms with Gasteiger partial charge in [0, 0.05) is 0 Å². The molecular formula is C16H18. The zero-order valence-electron chi connectivity index (χ0n) is 9.71. The molecule has 1 aliphatic rings. The van der Waals surface area contributed by atoms with Gasteiger partial charge in [-0.05, 0) is 35.1 Å². The Morgan fingerprint density at radius 1 is 1.00 bits per heavy atom. The summed E-state index contributed by atoms with van der Waals surface area (Å²) in [5, 5.41) is 0. The molecule has 0 saturated heterocycles. The van der Waals surface area contributed by atoms with Crippen molar-refractivity contribution in [3.05, 3.63) is 85.1 Å². The molecule has 1 aliphatic carbocycles. The lowest BCUT2D eigenvalue weighted by molar-refractivity contribution is 0.920. The molecule has 0 radical (unpaired) electrons. The molecule has 0 N–H and O–H groups in total. The summed E-state index contributed by atoms with van der Waals surface area (Å²) in [6.45, 7) is 15.4. The molecule has 1 rings (SSSR count). The van der Waals surface area contributed by atoms with Crippen LogP contribution in [0.2, 0.25) is 0 Å². The molecule has 0 fully saturated rings. The molecular weight excluding hydrogens is 192 g/mol. The number of hydrogen-bond acceptors (Lipinski definition) is 0. The van der Waals surface area contributed by atoms with Crippen molar-refractivity contribution in [3.63, 3.8) is 0 Å². The topological polar surface area (TPSA) is 0 Å². The molecule has 0 aromatic rings. The highest BCUT2D eigenvalue weighted by Gasteiger charge is 2.15. The molecule has 0 atom stereocenters. The highest BCUT2D eigenvalue weighted by Crippen LogP contribution is 2.34. The molecule has 0 bridgehead atoms.